The van der Waals surface area contributed by atoms with Gasteiger partial charge in [-0.1, -0.05) is 24.3 Å². The summed E-state index contributed by atoms with van der Waals surface area (Å²) in [5, 5.41) is 12.5. The van der Waals surface area contributed by atoms with Crippen molar-refractivity contribution in [1.29, 1.82) is 0 Å². The molecule has 0 aliphatic rings. The molecule has 35 heavy (non-hydrogen) atoms. The third kappa shape index (κ3) is 3.87. The maximum Gasteiger partial charge on any atom is 0.160 e. The van der Waals surface area contributed by atoms with Crippen LogP contribution in [0, 0.1) is 0 Å². The van der Waals surface area contributed by atoms with E-state index < -0.39 is 0 Å². The fourth-order valence-electron chi connectivity index (χ4n) is 4.11. The molecule has 0 saturated heterocycles. The number of aromatic amines is 3. The van der Waals surface area contributed by atoms with E-state index in [0.29, 0.717) is 11.7 Å². The molecule has 0 atom stereocenters. The van der Waals surface area contributed by atoms with Crippen LogP contribution < -0.4 is 5.32 Å². The Balaban J connectivity index is 1.31. The zero-order valence-corrected chi connectivity index (χ0v) is 19.0. The van der Waals surface area contributed by atoms with E-state index in [9.17, 15) is 0 Å². The molecule has 8 heteroatoms. The first-order valence-electron chi connectivity index (χ1n) is 11.2. The summed E-state index contributed by atoms with van der Waals surface area (Å²) in [6, 6.07) is 22.1. The predicted molar refractivity (Wildman–Crippen MR) is 143 cm³/mol. The third-order valence-corrected chi connectivity index (χ3v) is 5.89. The summed E-state index contributed by atoms with van der Waals surface area (Å²) in [6.45, 7) is 5.68. The summed E-state index contributed by atoms with van der Waals surface area (Å²) in [5.41, 5.74) is 6.58. The van der Waals surface area contributed by atoms with Crippen LogP contribution in [0.25, 0.3) is 44.4 Å². The van der Waals surface area contributed by atoms with Crippen molar-refractivity contribution in [3.05, 3.63) is 90.4 Å². The lowest BCUT2D eigenvalue weighted by Crippen LogP contribution is -2.03. The Labute approximate surface area is 200 Å². The van der Waals surface area contributed by atoms with Crippen molar-refractivity contribution < 1.29 is 0 Å². The quantitative estimate of drug-likeness (QED) is 0.188. The van der Waals surface area contributed by atoms with E-state index in [1.807, 2.05) is 73.7 Å². The Hall–Kier alpha value is -4.98. The van der Waals surface area contributed by atoms with Gasteiger partial charge in [-0.25, -0.2) is 15.0 Å². The minimum atomic E-state index is 0.525. The molecule has 170 valence electrons. The number of hydrogen-bond donors (Lipinski definition) is 4. The Morgan fingerprint density at radius 2 is 1.86 bits per heavy atom. The van der Waals surface area contributed by atoms with Crippen molar-refractivity contribution in [2.45, 2.75) is 6.92 Å². The fourth-order valence-corrected chi connectivity index (χ4v) is 4.11. The van der Waals surface area contributed by atoms with Gasteiger partial charge in [-0.15, -0.1) is 0 Å². The Morgan fingerprint density at radius 3 is 2.71 bits per heavy atom. The molecule has 8 nitrogen and oxygen atoms in total. The van der Waals surface area contributed by atoms with E-state index in [-0.39, 0.29) is 0 Å². The van der Waals surface area contributed by atoms with E-state index in [2.05, 4.69) is 43.3 Å². The Kier molecular flexibility index (Phi) is 4.96. The largest absolute Gasteiger partial charge is 0.352 e. The molecule has 0 spiro atoms. The number of fused-ring (bicyclic) bond motifs is 3. The number of nitrogens with one attached hydrogen (secondary N) is 4. The first kappa shape index (κ1) is 20.6. The number of para-hydroxylation sites is 2. The van der Waals surface area contributed by atoms with E-state index in [4.69, 9.17) is 9.98 Å². The lowest BCUT2D eigenvalue weighted by molar-refractivity contribution is 1.12. The first-order chi connectivity index (χ1) is 17.2. The number of aliphatic imine (C=N–C) groups is 2. The number of benzene rings is 3. The molecule has 0 unspecified atom stereocenters. The van der Waals surface area contributed by atoms with Crippen molar-refractivity contribution in [3.8, 4) is 11.5 Å². The van der Waals surface area contributed by atoms with Gasteiger partial charge in [0.25, 0.3) is 0 Å². The number of amidine groups is 1. The van der Waals surface area contributed by atoms with Crippen LogP contribution in [0.2, 0.25) is 0 Å². The van der Waals surface area contributed by atoms with Gasteiger partial charge >= 0.3 is 0 Å². The van der Waals surface area contributed by atoms with Gasteiger partial charge in [0.2, 0.25) is 0 Å². The number of allylic oxidation sites excluding steroid dienone is 1. The highest BCUT2D eigenvalue weighted by atomic mass is 15.1. The fraction of sp³-hybridized carbons (Fsp3) is 0.0370. The van der Waals surface area contributed by atoms with Gasteiger partial charge in [0.1, 0.15) is 5.82 Å². The molecule has 3 aromatic carbocycles. The summed E-state index contributed by atoms with van der Waals surface area (Å²) in [5.74, 6) is 2.00. The van der Waals surface area contributed by atoms with Crippen LogP contribution in [0.1, 0.15) is 12.5 Å². The van der Waals surface area contributed by atoms with Crippen LogP contribution in [0.4, 0.5) is 5.69 Å². The van der Waals surface area contributed by atoms with E-state index >= 15 is 0 Å². The zero-order valence-electron chi connectivity index (χ0n) is 19.0. The van der Waals surface area contributed by atoms with E-state index in [0.717, 1.165) is 55.6 Å². The van der Waals surface area contributed by atoms with Gasteiger partial charge in [-0.05, 0) is 62.2 Å². The van der Waals surface area contributed by atoms with Gasteiger partial charge in [-0.2, -0.15) is 5.10 Å². The van der Waals surface area contributed by atoms with Crippen LogP contribution in [0.3, 0.4) is 0 Å². The van der Waals surface area contributed by atoms with Crippen LogP contribution in [0.5, 0.6) is 0 Å². The smallest absolute Gasteiger partial charge is 0.160 e. The SMILES string of the molecule is C=NC(=N/C(=C\C)Nc1ccc2[nH]ncc2c1)c1ccc2cc(-c3nc4ccccc4[nH]3)[nH]c2c1. The van der Waals surface area contributed by atoms with Crippen molar-refractivity contribution in [1.82, 2.24) is 25.1 Å². The number of imidazole rings is 1. The number of aromatic nitrogens is 5. The molecule has 0 fully saturated rings. The second kappa shape index (κ2) is 8.42. The van der Waals surface area contributed by atoms with Gasteiger partial charge in [0.05, 0.1) is 28.4 Å². The summed E-state index contributed by atoms with van der Waals surface area (Å²) in [7, 11) is 0. The molecule has 0 aliphatic heterocycles. The summed E-state index contributed by atoms with van der Waals surface area (Å²) in [4.78, 5) is 20.5. The topological polar surface area (TPSA) is 110 Å². The lowest BCUT2D eigenvalue weighted by atomic mass is 10.1. The zero-order chi connectivity index (χ0) is 23.8. The van der Waals surface area contributed by atoms with Crippen LogP contribution in [-0.4, -0.2) is 37.7 Å². The van der Waals surface area contributed by atoms with Crippen molar-refractivity contribution in [3.63, 3.8) is 0 Å². The standard InChI is InChI=1S/C27H22N8/c1-3-25(30-19-10-11-20-18(12-19)15-29-35-20)34-26(28-2)17-9-8-16-13-24(31-23(16)14-17)27-32-21-6-4-5-7-22(21)33-27/h3-15,30-31H,2H2,1H3,(H,29,35)(H,32,33)/b25-3-,34-26?. The average molecular weight is 459 g/mol. The molecular weight excluding hydrogens is 436 g/mol. The number of anilines is 1. The molecule has 0 saturated carbocycles. The van der Waals surface area contributed by atoms with Crippen molar-refractivity contribution >= 4 is 51.1 Å². The molecule has 0 amide bonds. The summed E-state index contributed by atoms with van der Waals surface area (Å²) < 4.78 is 0. The second-order valence-corrected chi connectivity index (χ2v) is 8.15. The number of hydrogen-bond acceptors (Lipinski definition) is 4. The number of H-pyrrole nitrogens is 3. The van der Waals surface area contributed by atoms with Crippen LogP contribution in [-0.2, 0) is 0 Å². The van der Waals surface area contributed by atoms with Gasteiger partial charge < -0.3 is 15.3 Å². The van der Waals surface area contributed by atoms with Crippen LogP contribution >= 0.6 is 0 Å². The van der Waals surface area contributed by atoms with Crippen molar-refractivity contribution in [2.75, 3.05) is 5.32 Å². The van der Waals surface area contributed by atoms with E-state index in [1.54, 1.807) is 6.20 Å². The average Bonchev–Trinajstić information content (AvgIpc) is 3.63. The first-order valence-corrected chi connectivity index (χ1v) is 11.2. The predicted octanol–water partition coefficient (Wildman–Crippen LogP) is 6.01. The molecule has 0 aliphatic carbocycles. The molecule has 4 N–H and O–H groups in total. The highest BCUT2D eigenvalue weighted by Gasteiger charge is 2.11. The molecule has 6 aromatic rings. The molecule has 6 rings (SSSR count). The normalized spacial score (nSPS) is 12.6. The molecule has 0 radical (unpaired) electrons. The second-order valence-electron chi connectivity index (χ2n) is 8.15. The lowest BCUT2D eigenvalue weighted by Gasteiger charge is -2.08. The van der Waals surface area contributed by atoms with E-state index in [1.165, 1.54) is 0 Å². The summed E-state index contributed by atoms with van der Waals surface area (Å²) >= 11 is 0. The molecule has 0 bridgehead atoms. The Bertz CT molecular complexity index is 1730. The highest BCUT2D eigenvalue weighted by Crippen LogP contribution is 2.26. The Morgan fingerprint density at radius 1 is 0.943 bits per heavy atom. The molecule has 3 heterocycles. The molecular formula is C27H22N8. The van der Waals surface area contributed by atoms with Gasteiger partial charge in [0.15, 0.2) is 11.7 Å². The maximum absolute atomic E-state index is 4.73. The monoisotopic (exact) mass is 458 g/mol. The van der Waals surface area contributed by atoms with Crippen LogP contribution in [0.15, 0.2) is 94.8 Å². The third-order valence-electron chi connectivity index (χ3n) is 5.89. The minimum Gasteiger partial charge on any atom is -0.352 e. The van der Waals surface area contributed by atoms with Crippen molar-refractivity contribution in [2.24, 2.45) is 9.98 Å². The van der Waals surface area contributed by atoms with Gasteiger partial charge in [-0.3, -0.25) is 5.10 Å². The number of nitrogens with zero attached hydrogens (tertiary/aromatic N) is 4. The molecule has 3 aromatic heterocycles. The van der Waals surface area contributed by atoms with Gasteiger partial charge in [0, 0.05) is 27.5 Å². The minimum absolute atomic E-state index is 0.525. The number of rotatable bonds is 5. The summed E-state index contributed by atoms with van der Waals surface area (Å²) in [6.07, 6.45) is 3.69. The maximum atomic E-state index is 4.73. The highest BCUT2D eigenvalue weighted by molar-refractivity contribution is 6.04.